The van der Waals surface area contributed by atoms with Crippen LogP contribution in [0.2, 0.25) is 0 Å². The van der Waals surface area contributed by atoms with E-state index in [9.17, 15) is 10.2 Å². The van der Waals surface area contributed by atoms with Crippen molar-refractivity contribution >= 4 is 0 Å². The molecule has 0 aliphatic heterocycles. The molecule has 20 heavy (non-hydrogen) atoms. The number of nitrogens with zero attached hydrogens (tertiary/aromatic N) is 3. The van der Waals surface area contributed by atoms with Crippen LogP contribution in [0.15, 0.2) is 18.7 Å². The third kappa shape index (κ3) is 2.81. The predicted molar refractivity (Wildman–Crippen MR) is 78.0 cm³/mol. The standard InChI is InChI=1S/C15H23N3O2/c1-3-6-13-12(4-2)14(19)15(20)18(13)9-5-8-17-10-7-16-11-17/h7,10-11,19-20H,3-6,8-9H2,1-2H3. The summed E-state index contributed by atoms with van der Waals surface area (Å²) in [4.78, 5) is 4.01. The largest absolute Gasteiger partial charge is 0.503 e. The van der Waals surface area contributed by atoms with Crippen LogP contribution in [0.4, 0.5) is 0 Å². The number of aryl methyl sites for hydroxylation is 1. The lowest BCUT2D eigenvalue weighted by molar-refractivity contribution is 0.364. The Morgan fingerprint density at radius 2 is 2.00 bits per heavy atom. The molecule has 0 aromatic carbocycles. The molecular weight excluding hydrogens is 254 g/mol. The maximum Gasteiger partial charge on any atom is 0.235 e. The summed E-state index contributed by atoms with van der Waals surface area (Å²) in [6.45, 7) is 5.66. The molecule has 2 N–H and O–H groups in total. The normalized spacial score (nSPS) is 11.1. The fraction of sp³-hybridized carbons (Fsp3) is 0.533. The average molecular weight is 277 g/mol. The van der Waals surface area contributed by atoms with Crippen molar-refractivity contribution in [1.29, 1.82) is 0 Å². The van der Waals surface area contributed by atoms with Crippen LogP contribution in [0.5, 0.6) is 11.6 Å². The van der Waals surface area contributed by atoms with Crippen LogP contribution < -0.4 is 0 Å². The Morgan fingerprint density at radius 3 is 2.60 bits per heavy atom. The first-order chi connectivity index (χ1) is 9.69. The van der Waals surface area contributed by atoms with Gasteiger partial charge in [0.1, 0.15) is 0 Å². The van der Waals surface area contributed by atoms with Gasteiger partial charge in [-0.2, -0.15) is 0 Å². The van der Waals surface area contributed by atoms with Crippen LogP contribution in [-0.2, 0) is 25.9 Å². The maximum absolute atomic E-state index is 10.1. The van der Waals surface area contributed by atoms with Gasteiger partial charge >= 0.3 is 0 Å². The first-order valence-corrected chi connectivity index (χ1v) is 7.26. The maximum atomic E-state index is 10.1. The third-order valence-corrected chi connectivity index (χ3v) is 3.63. The van der Waals surface area contributed by atoms with E-state index in [1.54, 1.807) is 12.5 Å². The summed E-state index contributed by atoms with van der Waals surface area (Å²) in [5.74, 6) is 0.0644. The molecule has 2 aromatic rings. The van der Waals surface area contributed by atoms with Gasteiger partial charge in [0.2, 0.25) is 5.88 Å². The molecule has 2 heterocycles. The van der Waals surface area contributed by atoms with E-state index in [2.05, 4.69) is 11.9 Å². The van der Waals surface area contributed by atoms with Crippen molar-refractivity contribution in [1.82, 2.24) is 14.1 Å². The van der Waals surface area contributed by atoms with E-state index < -0.39 is 0 Å². The molecule has 0 atom stereocenters. The number of hydrogen-bond acceptors (Lipinski definition) is 3. The molecule has 0 radical (unpaired) electrons. The minimum absolute atomic E-state index is 0.0101. The van der Waals surface area contributed by atoms with Gasteiger partial charge in [-0.25, -0.2) is 4.98 Å². The van der Waals surface area contributed by atoms with Crippen LogP contribution in [-0.4, -0.2) is 24.3 Å². The first-order valence-electron chi connectivity index (χ1n) is 7.26. The average Bonchev–Trinajstić information content (AvgIpc) is 3.02. The van der Waals surface area contributed by atoms with E-state index in [1.807, 2.05) is 22.3 Å². The lowest BCUT2D eigenvalue weighted by Gasteiger charge is -2.11. The fourth-order valence-electron chi connectivity index (χ4n) is 2.66. The number of hydrogen-bond donors (Lipinski definition) is 2. The molecule has 0 saturated heterocycles. The quantitative estimate of drug-likeness (QED) is 0.818. The lowest BCUT2D eigenvalue weighted by atomic mass is 10.1. The first kappa shape index (κ1) is 14.5. The summed E-state index contributed by atoms with van der Waals surface area (Å²) >= 11 is 0. The molecule has 0 fully saturated rings. The van der Waals surface area contributed by atoms with Gasteiger partial charge in [0.05, 0.1) is 6.33 Å². The number of aromatic hydroxyl groups is 2. The van der Waals surface area contributed by atoms with E-state index in [4.69, 9.17) is 0 Å². The van der Waals surface area contributed by atoms with Gasteiger partial charge in [-0.3, -0.25) is 0 Å². The monoisotopic (exact) mass is 277 g/mol. The zero-order valence-corrected chi connectivity index (χ0v) is 12.2. The summed E-state index contributed by atoms with van der Waals surface area (Å²) in [5, 5.41) is 20.1. The van der Waals surface area contributed by atoms with Crippen molar-refractivity contribution < 1.29 is 10.2 Å². The zero-order chi connectivity index (χ0) is 14.5. The molecule has 2 aromatic heterocycles. The van der Waals surface area contributed by atoms with Crippen molar-refractivity contribution in [2.24, 2.45) is 0 Å². The van der Waals surface area contributed by atoms with E-state index in [0.29, 0.717) is 6.54 Å². The molecule has 0 bridgehead atoms. The second-order valence-corrected chi connectivity index (χ2v) is 5.01. The molecule has 0 spiro atoms. The summed E-state index contributed by atoms with van der Waals surface area (Å²) in [6, 6.07) is 0. The topological polar surface area (TPSA) is 63.2 Å². The summed E-state index contributed by atoms with van der Waals surface area (Å²) in [6.07, 6.45) is 8.98. The van der Waals surface area contributed by atoms with Gasteiger partial charge in [0, 0.05) is 36.7 Å². The van der Waals surface area contributed by atoms with Crippen molar-refractivity contribution in [3.05, 3.63) is 30.0 Å². The van der Waals surface area contributed by atoms with E-state index >= 15 is 0 Å². The number of aromatic nitrogens is 3. The third-order valence-electron chi connectivity index (χ3n) is 3.63. The van der Waals surface area contributed by atoms with Gasteiger partial charge in [-0.05, 0) is 19.3 Å². The molecular formula is C15H23N3O2. The number of rotatable bonds is 7. The minimum Gasteiger partial charge on any atom is -0.503 e. The molecule has 5 heteroatoms. The van der Waals surface area contributed by atoms with Crippen LogP contribution in [0.1, 0.15) is 37.9 Å². The van der Waals surface area contributed by atoms with Crippen LogP contribution in [0.3, 0.4) is 0 Å². The highest BCUT2D eigenvalue weighted by Crippen LogP contribution is 2.36. The Bertz CT molecular complexity index is 544. The SMILES string of the molecule is CCCc1c(CC)c(O)c(O)n1CCCn1ccnc1. The molecule has 2 rings (SSSR count). The Balaban J connectivity index is 2.13. The van der Waals surface area contributed by atoms with Gasteiger partial charge < -0.3 is 19.3 Å². The van der Waals surface area contributed by atoms with Gasteiger partial charge in [0.25, 0.3) is 0 Å². The fourth-order valence-corrected chi connectivity index (χ4v) is 2.66. The van der Waals surface area contributed by atoms with Crippen LogP contribution >= 0.6 is 0 Å². The summed E-state index contributed by atoms with van der Waals surface area (Å²) in [5.41, 5.74) is 1.95. The highest BCUT2D eigenvalue weighted by Gasteiger charge is 2.19. The molecule has 110 valence electrons. The number of imidazole rings is 1. The van der Waals surface area contributed by atoms with Crippen molar-refractivity contribution in [2.75, 3.05) is 0 Å². The Kier molecular flexibility index (Phi) is 4.71. The van der Waals surface area contributed by atoms with Gasteiger partial charge in [-0.1, -0.05) is 20.3 Å². The summed E-state index contributed by atoms with van der Waals surface area (Å²) in [7, 11) is 0. The Morgan fingerprint density at radius 1 is 1.20 bits per heavy atom. The van der Waals surface area contributed by atoms with E-state index in [1.165, 1.54) is 0 Å². The lowest BCUT2D eigenvalue weighted by Crippen LogP contribution is -2.07. The van der Waals surface area contributed by atoms with Crippen molar-refractivity contribution in [3.8, 4) is 11.6 Å². The zero-order valence-electron chi connectivity index (χ0n) is 12.2. The second-order valence-electron chi connectivity index (χ2n) is 5.01. The van der Waals surface area contributed by atoms with Gasteiger partial charge in [-0.15, -0.1) is 0 Å². The highest BCUT2D eigenvalue weighted by atomic mass is 16.3. The summed E-state index contributed by atoms with van der Waals surface area (Å²) < 4.78 is 3.87. The van der Waals surface area contributed by atoms with Crippen molar-refractivity contribution in [2.45, 2.75) is 52.6 Å². The van der Waals surface area contributed by atoms with E-state index in [-0.39, 0.29) is 11.6 Å². The Labute approximate surface area is 119 Å². The van der Waals surface area contributed by atoms with Gasteiger partial charge in [0.15, 0.2) is 5.75 Å². The Hall–Kier alpha value is -1.91. The molecule has 0 unspecified atom stereocenters. The molecule has 0 aliphatic carbocycles. The van der Waals surface area contributed by atoms with Crippen molar-refractivity contribution in [3.63, 3.8) is 0 Å². The molecule has 0 aliphatic rings. The smallest absolute Gasteiger partial charge is 0.235 e. The molecule has 0 amide bonds. The van der Waals surface area contributed by atoms with Crippen LogP contribution in [0, 0.1) is 0 Å². The predicted octanol–water partition coefficient (Wildman–Crippen LogP) is 2.70. The minimum atomic E-state index is 0.0101. The molecule has 5 nitrogen and oxygen atoms in total. The molecule has 0 saturated carbocycles. The second kappa shape index (κ2) is 6.50. The highest BCUT2D eigenvalue weighted by molar-refractivity contribution is 5.47. The van der Waals surface area contributed by atoms with E-state index in [0.717, 1.165) is 43.5 Å². The van der Waals surface area contributed by atoms with Crippen LogP contribution in [0.25, 0.3) is 0 Å².